The molecule has 0 aliphatic heterocycles. The molecule has 1 unspecified atom stereocenters. The minimum Gasteiger partial charge on any atom is -0.489 e. The highest BCUT2D eigenvalue weighted by molar-refractivity contribution is 5.79. The highest BCUT2D eigenvalue weighted by Gasteiger charge is 2.23. The summed E-state index contributed by atoms with van der Waals surface area (Å²) in [6, 6.07) is -0.576. The monoisotopic (exact) mass is 269 g/mol. The molecule has 7 heteroatoms. The summed E-state index contributed by atoms with van der Waals surface area (Å²) in [5.41, 5.74) is -0.409. The van der Waals surface area contributed by atoms with Crippen LogP contribution in [0.5, 0.6) is 5.75 Å². The van der Waals surface area contributed by atoms with Crippen molar-refractivity contribution in [2.24, 2.45) is 5.92 Å². The summed E-state index contributed by atoms with van der Waals surface area (Å²) in [6.07, 6.45) is 1.81. The van der Waals surface area contributed by atoms with Gasteiger partial charge < -0.3 is 19.8 Å². The summed E-state index contributed by atoms with van der Waals surface area (Å²) < 4.78 is 9.71. The van der Waals surface area contributed by atoms with Crippen LogP contribution in [-0.2, 0) is 9.53 Å². The van der Waals surface area contributed by atoms with Crippen LogP contribution >= 0.6 is 0 Å². The van der Waals surface area contributed by atoms with Gasteiger partial charge in [-0.25, -0.2) is 9.78 Å². The number of nitrogens with one attached hydrogen (secondary N) is 2. The highest BCUT2D eigenvalue weighted by atomic mass is 16.5. The average molecular weight is 269 g/mol. The number of aromatic nitrogens is 2. The quantitative estimate of drug-likeness (QED) is 0.741. The first-order valence-corrected chi connectivity index (χ1v) is 5.95. The number of H-pyrrole nitrogens is 1. The van der Waals surface area contributed by atoms with E-state index in [4.69, 9.17) is 9.47 Å². The number of hydrogen-bond acceptors (Lipinski definition) is 6. The van der Waals surface area contributed by atoms with E-state index in [0.29, 0.717) is 6.42 Å². The summed E-state index contributed by atoms with van der Waals surface area (Å²) in [7, 11) is 2.69. The summed E-state index contributed by atoms with van der Waals surface area (Å²) in [6.45, 7) is 3.97. The van der Waals surface area contributed by atoms with Gasteiger partial charge in [0.05, 0.1) is 20.5 Å². The number of methoxy groups -OCH3 is 2. The molecule has 0 spiro atoms. The second kappa shape index (κ2) is 6.77. The fourth-order valence-corrected chi connectivity index (χ4v) is 1.67. The first-order valence-electron chi connectivity index (χ1n) is 5.95. The van der Waals surface area contributed by atoms with Crippen molar-refractivity contribution < 1.29 is 14.3 Å². The molecule has 0 saturated heterocycles. The Morgan fingerprint density at radius 2 is 2.16 bits per heavy atom. The Morgan fingerprint density at radius 3 is 2.68 bits per heavy atom. The first kappa shape index (κ1) is 15.0. The molecule has 0 bridgehead atoms. The van der Waals surface area contributed by atoms with E-state index >= 15 is 0 Å². The van der Waals surface area contributed by atoms with E-state index < -0.39 is 17.6 Å². The average Bonchev–Trinajstić information content (AvgIpc) is 2.36. The minimum absolute atomic E-state index is 0.0418. The molecule has 0 aliphatic rings. The van der Waals surface area contributed by atoms with Crippen LogP contribution in [0, 0.1) is 5.92 Å². The Morgan fingerprint density at radius 1 is 1.47 bits per heavy atom. The number of hydrogen-bond donors (Lipinski definition) is 2. The van der Waals surface area contributed by atoms with E-state index in [9.17, 15) is 9.59 Å². The molecular weight excluding hydrogens is 250 g/mol. The van der Waals surface area contributed by atoms with Gasteiger partial charge in [-0.2, -0.15) is 0 Å². The molecule has 2 N–H and O–H groups in total. The minimum atomic E-state index is -0.576. The summed E-state index contributed by atoms with van der Waals surface area (Å²) in [5.74, 6) is 0.143. The molecule has 0 saturated carbocycles. The zero-order chi connectivity index (χ0) is 14.4. The number of esters is 1. The van der Waals surface area contributed by atoms with Crippen molar-refractivity contribution in [2.45, 2.75) is 26.3 Å². The van der Waals surface area contributed by atoms with Crippen LogP contribution in [0.15, 0.2) is 11.1 Å². The van der Waals surface area contributed by atoms with Crippen LogP contribution in [0.3, 0.4) is 0 Å². The number of ether oxygens (including phenoxy) is 2. The lowest BCUT2D eigenvalue weighted by Gasteiger charge is -2.19. The maximum absolute atomic E-state index is 11.7. The van der Waals surface area contributed by atoms with Crippen molar-refractivity contribution >= 4 is 11.8 Å². The Kier molecular flexibility index (Phi) is 5.35. The Labute approximate surface area is 111 Å². The van der Waals surface area contributed by atoms with E-state index in [1.54, 1.807) is 0 Å². The fourth-order valence-electron chi connectivity index (χ4n) is 1.67. The van der Waals surface area contributed by atoms with Crippen LogP contribution in [0.2, 0.25) is 0 Å². The Bertz CT molecular complexity index is 484. The predicted octanol–water partition coefficient (Wildman–Crippen LogP) is 0.778. The first-order chi connectivity index (χ1) is 8.99. The number of nitrogens with zero attached hydrogens (tertiary/aromatic N) is 1. The molecule has 1 atom stereocenters. The molecule has 0 radical (unpaired) electrons. The van der Waals surface area contributed by atoms with Gasteiger partial charge in [0.25, 0.3) is 5.56 Å². The molecule has 0 amide bonds. The van der Waals surface area contributed by atoms with Crippen molar-refractivity contribution in [2.75, 3.05) is 19.5 Å². The summed E-state index contributed by atoms with van der Waals surface area (Å²) in [4.78, 5) is 29.6. The van der Waals surface area contributed by atoms with Crippen molar-refractivity contribution in [1.29, 1.82) is 0 Å². The van der Waals surface area contributed by atoms with Crippen molar-refractivity contribution in [3.8, 4) is 5.75 Å². The van der Waals surface area contributed by atoms with Gasteiger partial charge in [0.15, 0.2) is 5.82 Å². The van der Waals surface area contributed by atoms with E-state index in [2.05, 4.69) is 15.3 Å². The van der Waals surface area contributed by atoms with E-state index in [-0.39, 0.29) is 17.5 Å². The Hall–Kier alpha value is -2.05. The molecule has 106 valence electrons. The second-order valence-electron chi connectivity index (χ2n) is 4.46. The van der Waals surface area contributed by atoms with E-state index in [1.807, 2.05) is 13.8 Å². The van der Waals surface area contributed by atoms with Gasteiger partial charge in [-0.15, -0.1) is 0 Å². The zero-order valence-corrected chi connectivity index (χ0v) is 11.5. The lowest BCUT2D eigenvalue weighted by molar-refractivity contribution is -0.141. The normalized spacial score (nSPS) is 12.1. The standard InChI is InChI=1S/C12H19N3O4/c1-7(2)5-8(12(17)19-4)15-10-9(18-3)11(16)14-6-13-10/h6-8H,5H2,1-4H3,(H2,13,14,15,16). The van der Waals surface area contributed by atoms with Crippen molar-refractivity contribution in [3.05, 3.63) is 16.7 Å². The molecule has 0 fully saturated rings. The summed E-state index contributed by atoms with van der Waals surface area (Å²) >= 11 is 0. The number of anilines is 1. The third-order valence-electron chi connectivity index (χ3n) is 2.52. The van der Waals surface area contributed by atoms with Gasteiger partial charge in [0.2, 0.25) is 5.75 Å². The van der Waals surface area contributed by atoms with Gasteiger partial charge in [-0.3, -0.25) is 4.79 Å². The molecule has 1 aromatic heterocycles. The van der Waals surface area contributed by atoms with Gasteiger partial charge in [0, 0.05) is 0 Å². The van der Waals surface area contributed by atoms with Gasteiger partial charge in [0.1, 0.15) is 6.04 Å². The van der Waals surface area contributed by atoms with Crippen LogP contribution in [0.25, 0.3) is 0 Å². The smallest absolute Gasteiger partial charge is 0.328 e. The third kappa shape index (κ3) is 3.97. The second-order valence-corrected chi connectivity index (χ2v) is 4.46. The number of aromatic amines is 1. The summed E-state index contributed by atoms with van der Waals surface area (Å²) in [5, 5.41) is 2.89. The predicted molar refractivity (Wildman–Crippen MR) is 70.3 cm³/mol. The largest absolute Gasteiger partial charge is 0.489 e. The maximum atomic E-state index is 11.7. The molecule has 1 rings (SSSR count). The number of carbonyl (C=O) groups excluding carboxylic acids is 1. The molecule has 19 heavy (non-hydrogen) atoms. The Balaban J connectivity index is 2.99. The SMILES string of the molecule is COC(=O)C(CC(C)C)Nc1nc[nH]c(=O)c1OC. The van der Waals surface area contributed by atoms with E-state index in [0.717, 1.165) is 0 Å². The maximum Gasteiger partial charge on any atom is 0.328 e. The molecule has 1 heterocycles. The molecular formula is C12H19N3O4. The van der Waals surface area contributed by atoms with Gasteiger partial charge in [-0.1, -0.05) is 13.8 Å². The zero-order valence-electron chi connectivity index (χ0n) is 11.5. The molecule has 1 aromatic rings. The number of carbonyl (C=O) groups is 1. The van der Waals surface area contributed by atoms with Crippen LogP contribution < -0.4 is 15.6 Å². The topological polar surface area (TPSA) is 93.3 Å². The molecule has 0 aromatic carbocycles. The lowest BCUT2D eigenvalue weighted by Crippen LogP contribution is -2.33. The number of rotatable bonds is 6. The highest BCUT2D eigenvalue weighted by Crippen LogP contribution is 2.18. The van der Waals surface area contributed by atoms with Gasteiger partial charge in [-0.05, 0) is 12.3 Å². The van der Waals surface area contributed by atoms with Crippen LogP contribution in [0.1, 0.15) is 20.3 Å². The van der Waals surface area contributed by atoms with Crippen LogP contribution in [-0.4, -0.2) is 36.2 Å². The van der Waals surface area contributed by atoms with Crippen molar-refractivity contribution in [1.82, 2.24) is 9.97 Å². The van der Waals surface area contributed by atoms with Crippen LogP contribution in [0.4, 0.5) is 5.82 Å². The van der Waals surface area contributed by atoms with Crippen molar-refractivity contribution in [3.63, 3.8) is 0 Å². The third-order valence-corrected chi connectivity index (χ3v) is 2.52. The van der Waals surface area contributed by atoms with E-state index in [1.165, 1.54) is 20.5 Å². The molecule has 7 nitrogen and oxygen atoms in total. The fraction of sp³-hybridized carbons (Fsp3) is 0.583. The lowest BCUT2D eigenvalue weighted by atomic mass is 10.0. The van der Waals surface area contributed by atoms with Gasteiger partial charge >= 0.3 is 5.97 Å². The molecule has 0 aliphatic carbocycles.